The van der Waals surface area contributed by atoms with Crippen LogP contribution in [0.2, 0.25) is 0 Å². The average Bonchev–Trinajstić information content (AvgIpc) is 3.48. The Morgan fingerprint density at radius 2 is 1.71 bits per heavy atom. The van der Waals surface area contributed by atoms with E-state index in [0.717, 1.165) is 24.8 Å². The summed E-state index contributed by atoms with van der Waals surface area (Å²) in [4.78, 5) is 81.2. The Bertz CT molecular complexity index is 1430. The Hall–Kier alpha value is -3.87. The summed E-state index contributed by atoms with van der Waals surface area (Å²) in [5.41, 5.74) is -0.522. The van der Waals surface area contributed by atoms with Gasteiger partial charge in [-0.25, -0.2) is 4.79 Å². The Kier molecular flexibility index (Phi) is 15.8. The molecule has 5 amide bonds. The standard InChI is InChI=1S/C36H56N6O6S/c1-10-13-16-20-49-32(28(44)31(46)37-18-11-2)40-30(45)25-21-24(12-3)22-42(25)33(47)29(36(7,8)9)39-34(48)38-26(35(4,5)6)23-41-19-15-14-17-27(41)43/h11-12,14-15,17,19,25-26,29,32H,2,10,13,16,18,20-23H2,1,3-9H3,(H,37,46)(H,40,45)(H2,38,39,48)/b24-12+/t25-,26+,29+,32?/m0/s1. The minimum atomic E-state index is -1.13. The van der Waals surface area contributed by atoms with Crippen molar-refractivity contribution in [1.82, 2.24) is 30.7 Å². The molecule has 13 heteroatoms. The third-order valence-electron chi connectivity index (χ3n) is 8.39. The molecule has 1 aromatic heterocycles. The van der Waals surface area contributed by atoms with Crippen molar-refractivity contribution in [3.63, 3.8) is 0 Å². The predicted octanol–water partition coefficient (Wildman–Crippen LogP) is 3.76. The molecule has 1 fully saturated rings. The normalized spacial score (nSPS) is 17.5. The number of aromatic nitrogens is 1. The highest BCUT2D eigenvalue weighted by atomic mass is 32.2. The van der Waals surface area contributed by atoms with Gasteiger partial charge in [0.25, 0.3) is 17.2 Å². The monoisotopic (exact) mass is 700 g/mol. The fraction of sp³-hybridized carbons (Fsp3) is 0.611. The Labute approximate surface area is 295 Å². The van der Waals surface area contributed by atoms with Gasteiger partial charge < -0.3 is 30.7 Å². The van der Waals surface area contributed by atoms with Gasteiger partial charge in [0.2, 0.25) is 11.8 Å². The summed E-state index contributed by atoms with van der Waals surface area (Å²) < 4.78 is 1.53. The van der Waals surface area contributed by atoms with E-state index in [1.807, 2.05) is 54.5 Å². The van der Waals surface area contributed by atoms with Crippen LogP contribution in [0, 0.1) is 10.8 Å². The lowest BCUT2D eigenvalue weighted by Gasteiger charge is -2.37. The Morgan fingerprint density at radius 1 is 1.02 bits per heavy atom. The van der Waals surface area contributed by atoms with E-state index in [1.54, 1.807) is 18.3 Å². The number of pyridine rings is 1. The van der Waals surface area contributed by atoms with Crippen LogP contribution in [0.1, 0.15) is 81.1 Å². The summed E-state index contributed by atoms with van der Waals surface area (Å²) in [6, 6.07) is 1.84. The highest BCUT2D eigenvalue weighted by Crippen LogP contribution is 2.29. The van der Waals surface area contributed by atoms with Crippen molar-refractivity contribution in [2.45, 2.75) is 111 Å². The first kappa shape index (κ1) is 41.3. The molecular weight excluding hydrogens is 644 g/mol. The molecule has 1 unspecified atom stereocenters. The number of allylic oxidation sites excluding steroid dienone is 1. The third kappa shape index (κ3) is 12.5. The summed E-state index contributed by atoms with van der Waals surface area (Å²) >= 11 is 1.19. The molecule has 0 aliphatic carbocycles. The van der Waals surface area contributed by atoms with Gasteiger partial charge in [0.15, 0.2) is 0 Å². The number of unbranched alkanes of at least 4 members (excludes halogenated alkanes) is 2. The van der Waals surface area contributed by atoms with Crippen LogP contribution in [0.4, 0.5) is 4.79 Å². The highest BCUT2D eigenvalue weighted by molar-refractivity contribution is 8.00. The number of nitrogens with zero attached hydrogens (tertiary/aromatic N) is 2. The second kappa shape index (κ2) is 18.8. The van der Waals surface area contributed by atoms with Crippen LogP contribution in [0.3, 0.4) is 0 Å². The summed E-state index contributed by atoms with van der Waals surface area (Å²) in [6.45, 7) is 19.3. The Balaban J connectivity index is 2.32. The van der Waals surface area contributed by atoms with Gasteiger partial charge in [-0.05, 0) is 42.4 Å². The molecule has 0 bridgehead atoms. The van der Waals surface area contributed by atoms with Crippen LogP contribution in [0.5, 0.6) is 0 Å². The largest absolute Gasteiger partial charge is 0.346 e. The molecule has 2 rings (SSSR count). The maximum absolute atomic E-state index is 14.3. The van der Waals surface area contributed by atoms with Gasteiger partial charge in [-0.15, -0.1) is 18.3 Å². The molecule has 1 aliphatic heterocycles. The van der Waals surface area contributed by atoms with Gasteiger partial charge >= 0.3 is 6.03 Å². The highest BCUT2D eigenvalue weighted by Gasteiger charge is 2.44. The van der Waals surface area contributed by atoms with Crippen LogP contribution in [0.25, 0.3) is 0 Å². The number of urea groups is 1. The van der Waals surface area contributed by atoms with E-state index in [1.165, 1.54) is 33.4 Å². The number of carbonyl (C=O) groups excluding carboxylic acids is 5. The quantitative estimate of drug-likeness (QED) is 0.0885. The van der Waals surface area contributed by atoms with E-state index in [4.69, 9.17) is 0 Å². The third-order valence-corrected chi connectivity index (χ3v) is 9.58. The van der Waals surface area contributed by atoms with Crippen LogP contribution < -0.4 is 26.8 Å². The molecule has 49 heavy (non-hydrogen) atoms. The van der Waals surface area contributed by atoms with Gasteiger partial charge in [-0.2, -0.15) is 0 Å². The first-order valence-corrected chi connectivity index (χ1v) is 18.0. The number of rotatable bonds is 16. The number of ketones is 1. The predicted molar refractivity (Wildman–Crippen MR) is 195 cm³/mol. The van der Waals surface area contributed by atoms with Gasteiger partial charge in [-0.3, -0.25) is 24.0 Å². The maximum atomic E-state index is 14.3. The molecule has 4 atom stereocenters. The molecule has 272 valence electrons. The van der Waals surface area contributed by atoms with Gasteiger partial charge in [-0.1, -0.05) is 85.1 Å². The smallest absolute Gasteiger partial charge is 0.315 e. The number of Topliss-reactive ketones (excluding diaryl/α,β-unsaturated/α-hetero) is 1. The zero-order valence-corrected chi connectivity index (χ0v) is 31.2. The second-order valence-corrected chi connectivity index (χ2v) is 15.7. The number of thioether (sulfide) groups is 1. The molecular formula is C36H56N6O6S. The lowest BCUT2D eigenvalue weighted by molar-refractivity contribution is -0.142. The minimum Gasteiger partial charge on any atom is -0.346 e. The number of likely N-dealkylation sites (tertiary alicyclic amines) is 1. The number of carbonyl (C=O) groups is 5. The van der Waals surface area contributed by atoms with E-state index in [-0.39, 0.29) is 31.6 Å². The number of hydrogen-bond donors (Lipinski definition) is 4. The van der Waals surface area contributed by atoms with Crippen molar-refractivity contribution in [2.75, 3.05) is 18.8 Å². The van der Waals surface area contributed by atoms with Crippen LogP contribution >= 0.6 is 11.8 Å². The maximum Gasteiger partial charge on any atom is 0.315 e. The molecule has 0 radical (unpaired) electrons. The molecule has 0 aromatic carbocycles. The average molecular weight is 701 g/mol. The first-order valence-electron chi connectivity index (χ1n) is 17.0. The number of hydrogen-bond acceptors (Lipinski definition) is 7. The lowest BCUT2D eigenvalue weighted by atomic mass is 9.85. The van der Waals surface area contributed by atoms with E-state index in [9.17, 15) is 28.8 Å². The van der Waals surface area contributed by atoms with Crippen molar-refractivity contribution < 1.29 is 24.0 Å². The van der Waals surface area contributed by atoms with E-state index >= 15 is 0 Å². The van der Waals surface area contributed by atoms with E-state index in [0.29, 0.717) is 5.75 Å². The summed E-state index contributed by atoms with van der Waals surface area (Å²) in [7, 11) is 0. The number of amides is 5. The summed E-state index contributed by atoms with van der Waals surface area (Å²) in [5, 5.41) is 9.94. The number of nitrogens with one attached hydrogen (secondary N) is 4. The molecule has 1 aromatic rings. The second-order valence-electron chi connectivity index (χ2n) is 14.5. The van der Waals surface area contributed by atoms with Crippen molar-refractivity contribution >= 4 is 41.3 Å². The molecule has 4 N–H and O–H groups in total. The van der Waals surface area contributed by atoms with Crippen molar-refractivity contribution in [2.24, 2.45) is 10.8 Å². The first-order chi connectivity index (χ1) is 22.9. The van der Waals surface area contributed by atoms with Gasteiger partial charge in [0.1, 0.15) is 17.5 Å². The summed E-state index contributed by atoms with van der Waals surface area (Å²) in [5.74, 6) is -2.05. The Morgan fingerprint density at radius 3 is 2.29 bits per heavy atom. The SMILES string of the molecule is C=CCNC(=O)C(=O)C(NC(=O)[C@@H]1C/C(=C\C)CN1C(=O)[C@@H](NC(=O)N[C@H](Cn1ccccc1=O)C(C)(C)C)C(C)(C)C)SCCCCC. The molecule has 12 nitrogen and oxygen atoms in total. The van der Waals surface area contributed by atoms with Gasteiger partial charge in [0, 0.05) is 31.9 Å². The van der Waals surface area contributed by atoms with Crippen molar-refractivity contribution in [3.05, 3.63) is 59.1 Å². The van der Waals surface area contributed by atoms with Crippen molar-refractivity contribution in [1.29, 1.82) is 0 Å². The summed E-state index contributed by atoms with van der Waals surface area (Å²) in [6.07, 6.45) is 7.95. The molecule has 1 aliphatic rings. The fourth-order valence-electron chi connectivity index (χ4n) is 5.25. The van der Waals surface area contributed by atoms with Crippen molar-refractivity contribution in [3.8, 4) is 0 Å². The van der Waals surface area contributed by atoms with E-state index in [2.05, 4.69) is 34.8 Å². The molecule has 0 spiro atoms. The lowest BCUT2D eigenvalue weighted by Crippen LogP contribution is -2.61. The molecule has 2 heterocycles. The van der Waals surface area contributed by atoms with E-state index < -0.39 is 63.9 Å². The van der Waals surface area contributed by atoms with Crippen LogP contribution in [-0.2, 0) is 25.7 Å². The van der Waals surface area contributed by atoms with Crippen LogP contribution in [0.15, 0.2) is 53.5 Å². The fourth-order valence-corrected chi connectivity index (χ4v) is 6.31. The molecule has 1 saturated heterocycles. The van der Waals surface area contributed by atoms with Crippen LogP contribution in [-0.4, -0.2) is 81.3 Å². The minimum absolute atomic E-state index is 0.108. The molecule has 0 saturated carbocycles. The zero-order valence-electron chi connectivity index (χ0n) is 30.4. The van der Waals surface area contributed by atoms with Gasteiger partial charge in [0.05, 0.1) is 6.04 Å². The topological polar surface area (TPSA) is 159 Å². The zero-order chi connectivity index (χ0) is 36.9.